The van der Waals surface area contributed by atoms with Gasteiger partial charge in [-0.2, -0.15) is 4.31 Å². The zero-order valence-corrected chi connectivity index (χ0v) is 18.5. The summed E-state index contributed by atoms with van der Waals surface area (Å²) in [5.41, 5.74) is 2.14. The number of aryl methyl sites for hydroxylation is 2. The van der Waals surface area contributed by atoms with Crippen molar-refractivity contribution in [3.05, 3.63) is 59.7 Å². The van der Waals surface area contributed by atoms with Gasteiger partial charge in [-0.25, -0.2) is 8.42 Å². The van der Waals surface area contributed by atoms with Crippen molar-refractivity contribution in [3.8, 4) is 5.75 Å². The Bertz CT molecular complexity index is 893. The molecule has 152 valence electrons. The molecular formula is C21H27NO4S2. The SMILES string of the molecule is Cc1ccc(OC(=S)OC(C)CC(C)N(C)S(=O)(=O)c2ccc(C)cc2)cc1. The number of benzene rings is 2. The number of nitrogens with zero attached hydrogens (tertiary/aromatic N) is 1. The highest BCUT2D eigenvalue weighted by molar-refractivity contribution is 7.89. The summed E-state index contributed by atoms with van der Waals surface area (Å²) < 4.78 is 38.1. The first-order valence-electron chi connectivity index (χ1n) is 9.09. The molecule has 0 heterocycles. The molecule has 0 amide bonds. The molecule has 0 bridgehead atoms. The van der Waals surface area contributed by atoms with E-state index >= 15 is 0 Å². The Morgan fingerprint density at radius 3 is 2.04 bits per heavy atom. The third-order valence-electron chi connectivity index (χ3n) is 4.51. The zero-order valence-electron chi connectivity index (χ0n) is 16.9. The van der Waals surface area contributed by atoms with Gasteiger partial charge in [-0.05, 0) is 52.0 Å². The van der Waals surface area contributed by atoms with Crippen LogP contribution in [0.4, 0.5) is 0 Å². The fraction of sp³-hybridized carbons (Fsp3) is 0.381. The van der Waals surface area contributed by atoms with Gasteiger partial charge in [0.05, 0.1) is 4.90 Å². The molecule has 5 nitrogen and oxygen atoms in total. The van der Waals surface area contributed by atoms with Crippen molar-refractivity contribution in [1.82, 2.24) is 4.31 Å². The van der Waals surface area contributed by atoms with Crippen molar-refractivity contribution >= 4 is 27.5 Å². The molecule has 2 aromatic carbocycles. The van der Waals surface area contributed by atoms with Gasteiger partial charge in [0.15, 0.2) is 0 Å². The number of rotatable bonds is 7. The number of hydrogen-bond donors (Lipinski definition) is 0. The monoisotopic (exact) mass is 421 g/mol. The fourth-order valence-electron chi connectivity index (χ4n) is 2.68. The van der Waals surface area contributed by atoms with Crippen LogP contribution in [-0.2, 0) is 14.8 Å². The quantitative estimate of drug-likeness (QED) is 0.618. The van der Waals surface area contributed by atoms with Gasteiger partial charge in [0.1, 0.15) is 11.9 Å². The van der Waals surface area contributed by atoms with Crippen LogP contribution in [0, 0.1) is 13.8 Å². The Labute approximate surface area is 173 Å². The predicted octanol–water partition coefficient (Wildman–Crippen LogP) is 4.47. The van der Waals surface area contributed by atoms with Gasteiger partial charge in [0, 0.05) is 31.7 Å². The van der Waals surface area contributed by atoms with E-state index in [1.165, 1.54) is 4.31 Å². The molecule has 0 saturated heterocycles. The Morgan fingerprint density at radius 1 is 1.00 bits per heavy atom. The van der Waals surface area contributed by atoms with Gasteiger partial charge in [-0.15, -0.1) is 0 Å². The van der Waals surface area contributed by atoms with Gasteiger partial charge in [-0.1, -0.05) is 35.4 Å². The smallest absolute Gasteiger partial charge is 0.358 e. The molecule has 2 rings (SSSR count). The summed E-state index contributed by atoms with van der Waals surface area (Å²) in [6.45, 7) is 7.59. The molecule has 2 atom stereocenters. The van der Waals surface area contributed by atoms with Crippen LogP contribution in [0.25, 0.3) is 0 Å². The van der Waals surface area contributed by atoms with E-state index in [0.29, 0.717) is 12.2 Å². The lowest BCUT2D eigenvalue weighted by molar-refractivity contribution is 0.143. The van der Waals surface area contributed by atoms with E-state index in [2.05, 4.69) is 0 Å². The lowest BCUT2D eigenvalue weighted by atomic mass is 10.1. The maximum Gasteiger partial charge on any atom is 0.358 e. The molecule has 0 radical (unpaired) electrons. The molecule has 0 aliphatic heterocycles. The molecule has 0 fully saturated rings. The average molecular weight is 422 g/mol. The molecule has 2 unspecified atom stereocenters. The van der Waals surface area contributed by atoms with E-state index in [0.717, 1.165) is 11.1 Å². The van der Waals surface area contributed by atoms with E-state index in [1.54, 1.807) is 31.3 Å². The maximum absolute atomic E-state index is 12.8. The highest BCUT2D eigenvalue weighted by atomic mass is 32.2. The van der Waals surface area contributed by atoms with Gasteiger partial charge in [0.2, 0.25) is 10.0 Å². The van der Waals surface area contributed by atoms with Crippen LogP contribution in [0.1, 0.15) is 31.4 Å². The largest absolute Gasteiger partial charge is 0.454 e. The molecule has 0 aromatic heterocycles. The van der Waals surface area contributed by atoms with Crippen molar-refractivity contribution in [1.29, 1.82) is 0 Å². The van der Waals surface area contributed by atoms with Crippen LogP contribution in [0.5, 0.6) is 5.75 Å². The highest BCUT2D eigenvalue weighted by Gasteiger charge is 2.27. The molecular weight excluding hydrogens is 394 g/mol. The number of sulfonamides is 1. The first-order valence-corrected chi connectivity index (χ1v) is 10.9. The Hall–Kier alpha value is -1.96. The first-order chi connectivity index (χ1) is 13.1. The predicted molar refractivity (Wildman–Crippen MR) is 115 cm³/mol. The average Bonchev–Trinajstić information content (AvgIpc) is 2.63. The molecule has 0 N–H and O–H groups in total. The maximum atomic E-state index is 12.8. The van der Waals surface area contributed by atoms with Crippen LogP contribution >= 0.6 is 12.2 Å². The minimum atomic E-state index is -3.57. The molecule has 0 aliphatic carbocycles. The van der Waals surface area contributed by atoms with Crippen molar-refractivity contribution < 1.29 is 17.9 Å². The highest BCUT2D eigenvalue weighted by Crippen LogP contribution is 2.20. The van der Waals surface area contributed by atoms with Gasteiger partial charge < -0.3 is 9.47 Å². The third kappa shape index (κ3) is 6.02. The Balaban J connectivity index is 1.93. The summed E-state index contributed by atoms with van der Waals surface area (Å²) in [5.74, 6) is 0.606. The lowest BCUT2D eigenvalue weighted by Gasteiger charge is -2.27. The molecule has 2 aromatic rings. The second-order valence-corrected chi connectivity index (χ2v) is 9.34. The topological polar surface area (TPSA) is 55.8 Å². The van der Waals surface area contributed by atoms with Gasteiger partial charge in [0.25, 0.3) is 0 Å². The van der Waals surface area contributed by atoms with E-state index in [9.17, 15) is 8.42 Å². The minimum absolute atomic E-state index is 0.0209. The summed E-state index contributed by atoms with van der Waals surface area (Å²) in [4.78, 5) is 0.277. The lowest BCUT2D eigenvalue weighted by Crippen LogP contribution is -2.37. The van der Waals surface area contributed by atoms with E-state index in [4.69, 9.17) is 21.7 Å². The Kier molecular flexibility index (Phi) is 7.57. The molecule has 0 aliphatic rings. The van der Waals surface area contributed by atoms with Crippen LogP contribution in [0.2, 0.25) is 0 Å². The van der Waals surface area contributed by atoms with Crippen molar-refractivity contribution in [2.75, 3.05) is 7.05 Å². The summed E-state index contributed by atoms with van der Waals surface area (Å²) >= 11 is 5.15. The van der Waals surface area contributed by atoms with E-state index in [1.807, 2.05) is 52.0 Å². The second-order valence-electron chi connectivity index (χ2n) is 7.01. The molecule has 7 heteroatoms. The van der Waals surface area contributed by atoms with E-state index in [-0.39, 0.29) is 22.3 Å². The summed E-state index contributed by atoms with van der Waals surface area (Å²) in [5, 5.41) is 0.0209. The molecule has 0 saturated carbocycles. The molecule has 0 spiro atoms. The first kappa shape index (κ1) is 22.3. The fourth-order valence-corrected chi connectivity index (χ4v) is 4.31. The summed E-state index contributed by atoms with van der Waals surface area (Å²) in [7, 11) is -1.99. The van der Waals surface area contributed by atoms with Gasteiger partial charge >= 0.3 is 5.24 Å². The van der Waals surface area contributed by atoms with Crippen molar-refractivity contribution in [2.45, 2.75) is 51.2 Å². The van der Waals surface area contributed by atoms with Gasteiger partial charge in [-0.3, -0.25) is 0 Å². The van der Waals surface area contributed by atoms with Crippen molar-refractivity contribution in [3.63, 3.8) is 0 Å². The summed E-state index contributed by atoms with van der Waals surface area (Å²) in [6, 6.07) is 14.0. The number of thiocarbonyl (C=S) groups is 1. The standard InChI is InChI=1S/C21H27NO4S2/c1-15-6-10-19(11-7-15)26-21(27)25-18(4)14-17(3)22(5)28(23,24)20-12-8-16(2)9-13-20/h6-13,17-18H,14H2,1-5H3. The van der Waals surface area contributed by atoms with Crippen LogP contribution in [-0.4, -0.2) is 37.2 Å². The third-order valence-corrected chi connectivity index (χ3v) is 6.68. The van der Waals surface area contributed by atoms with E-state index < -0.39 is 10.0 Å². The Morgan fingerprint density at radius 2 is 1.50 bits per heavy atom. The van der Waals surface area contributed by atoms with Crippen LogP contribution < -0.4 is 4.74 Å². The zero-order chi connectivity index (χ0) is 20.9. The van der Waals surface area contributed by atoms with Crippen LogP contribution in [0.15, 0.2) is 53.4 Å². The summed E-state index contributed by atoms with van der Waals surface area (Å²) in [6.07, 6.45) is 0.169. The number of ether oxygens (including phenoxy) is 2. The van der Waals surface area contributed by atoms with Crippen LogP contribution in [0.3, 0.4) is 0 Å². The number of hydrogen-bond acceptors (Lipinski definition) is 5. The van der Waals surface area contributed by atoms with Crippen molar-refractivity contribution in [2.24, 2.45) is 0 Å². The normalized spacial score (nSPS) is 13.8. The molecule has 28 heavy (non-hydrogen) atoms. The minimum Gasteiger partial charge on any atom is -0.454 e. The second kappa shape index (κ2) is 9.49.